The van der Waals surface area contributed by atoms with Crippen LogP contribution in [0.15, 0.2) is 48.5 Å². The molecule has 0 bridgehead atoms. The molecule has 1 aliphatic heterocycles. The first-order valence-corrected chi connectivity index (χ1v) is 10.2. The maximum Gasteiger partial charge on any atom is 0.410 e. The molecular formula is C21H20N4O2S. The lowest BCUT2D eigenvalue weighted by Crippen LogP contribution is -2.32. The molecule has 142 valence electrons. The van der Waals surface area contributed by atoms with Crippen molar-refractivity contribution < 1.29 is 9.53 Å². The van der Waals surface area contributed by atoms with Crippen molar-refractivity contribution in [3.05, 3.63) is 64.7 Å². The molecule has 1 unspecified atom stereocenters. The monoisotopic (exact) mass is 392 g/mol. The zero-order valence-corrected chi connectivity index (χ0v) is 16.1. The number of nitrogen functional groups attached to an aromatic ring is 1. The Kier molecular flexibility index (Phi) is 4.24. The Balaban J connectivity index is 1.34. The van der Waals surface area contributed by atoms with Crippen molar-refractivity contribution in [1.29, 1.82) is 0 Å². The zero-order chi connectivity index (χ0) is 19.1. The smallest absolute Gasteiger partial charge is 0.410 e. The molecule has 6 nitrogen and oxygen atoms in total. The molecular weight excluding hydrogens is 372 g/mol. The molecule has 3 aromatic rings. The number of hydrogen-bond donors (Lipinski definition) is 1. The van der Waals surface area contributed by atoms with Crippen molar-refractivity contribution in [2.45, 2.75) is 24.8 Å². The fourth-order valence-electron chi connectivity index (χ4n) is 4.30. The largest absolute Gasteiger partial charge is 0.448 e. The van der Waals surface area contributed by atoms with Crippen molar-refractivity contribution in [3.63, 3.8) is 0 Å². The van der Waals surface area contributed by atoms with Gasteiger partial charge in [-0.15, -0.1) is 10.2 Å². The summed E-state index contributed by atoms with van der Waals surface area (Å²) in [5.41, 5.74) is 10.6. The van der Waals surface area contributed by atoms with E-state index in [0.29, 0.717) is 18.3 Å². The average molecular weight is 392 g/mol. The molecule has 1 amide bonds. The van der Waals surface area contributed by atoms with Crippen LogP contribution in [-0.4, -0.2) is 34.3 Å². The van der Waals surface area contributed by atoms with Gasteiger partial charge in [0.05, 0.1) is 6.04 Å². The summed E-state index contributed by atoms with van der Waals surface area (Å²) in [7, 11) is 0. The Morgan fingerprint density at radius 3 is 2.43 bits per heavy atom. The van der Waals surface area contributed by atoms with E-state index in [1.807, 2.05) is 24.3 Å². The van der Waals surface area contributed by atoms with Crippen molar-refractivity contribution in [1.82, 2.24) is 15.1 Å². The fraction of sp³-hybridized carbons (Fsp3) is 0.286. The first-order chi connectivity index (χ1) is 13.7. The Morgan fingerprint density at radius 1 is 1.11 bits per heavy atom. The van der Waals surface area contributed by atoms with Crippen LogP contribution in [0, 0.1) is 0 Å². The molecule has 7 heteroatoms. The fourth-order valence-corrected chi connectivity index (χ4v) is 5.06. The maximum atomic E-state index is 12.8. The van der Waals surface area contributed by atoms with Gasteiger partial charge in [0, 0.05) is 12.5 Å². The van der Waals surface area contributed by atoms with Crippen LogP contribution in [0.2, 0.25) is 0 Å². The second kappa shape index (κ2) is 6.91. The van der Waals surface area contributed by atoms with Crippen molar-refractivity contribution in [3.8, 4) is 11.1 Å². The number of carbonyl (C=O) groups excluding carboxylic acids is 1. The lowest BCUT2D eigenvalue weighted by molar-refractivity contribution is 0.0954. The summed E-state index contributed by atoms with van der Waals surface area (Å²) in [6.07, 6.45) is 1.49. The number of amides is 1. The minimum absolute atomic E-state index is 0.0644. The average Bonchev–Trinajstić information content (AvgIpc) is 3.43. The zero-order valence-electron chi connectivity index (χ0n) is 15.2. The number of benzene rings is 2. The third kappa shape index (κ3) is 2.82. The summed E-state index contributed by atoms with van der Waals surface area (Å²) >= 11 is 1.34. The number of likely N-dealkylation sites (tertiary alicyclic amines) is 1. The van der Waals surface area contributed by atoms with Crippen LogP contribution in [0.5, 0.6) is 0 Å². The van der Waals surface area contributed by atoms with Gasteiger partial charge in [0.1, 0.15) is 11.6 Å². The number of ether oxygens (including phenoxy) is 1. The highest BCUT2D eigenvalue weighted by molar-refractivity contribution is 7.15. The van der Waals surface area contributed by atoms with E-state index in [2.05, 4.69) is 34.5 Å². The third-order valence-corrected chi connectivity index (χ3v) is 6.42. The normalized spacial score (nSPS) is 18.1. The van der Waals surface area contributed by atoms with Gasteiger partial charge in [-0.3, -0.25) is 4.90 Å². The van der Waals surface area contributed by atoms with Crippen molar-refractivity contribution in [2.75, 3.05) is 18.9 Å². The van der Waals surface area contributed by atoms with Gasteiger partial charge in [-0.25, -0.2) is 4.79 Å². The number of anilines is 1. The summed E-state index contributed by atoms with van der Waals surface area (Å²) in [5.74, 6) is 0.0644. The summed E-state index contributed by atoms with van der Waals surface area (Å²) in [4.78, 5) is 14.6. The predicted octanol–water partition coefficient (Wildman–Crippen LogP) is 4.21. The van der Waals surface area contributed by atoms with Crippen LogP contribution < -0.4 is 5.73 Å². The second-order valence-corrected chi connectivity index (χ2v) is 8.17. The van der Waals surface area contributed by atoms with E-state index in [9.17, 15) is 4.79 Å². The number of carbonyl (C=O) groups is 1. The second-order valence-electron chi connectivity index (χ2n) is 7.13. The number of rotatable bonds is 3. The molecule has 1 saturated heterocycles. The predicted molar refractivity (Wildman–Crippen MR) is 108 cm³/mol. The van der Waals surface area contributed by atoms with Gasteiger partial charge in [-0.1, -0.05) is 59.9 Å². The van der Waals surface area contributed by atoms with E-state index < -0.39 is 0 Å². The van der Waals surface area contributed by atoms with Crippen molar-refractivity contribution in [2.24, 2.45) is 0 Å². The summed E-state index contributed by atoms with van der Waals surface area (Å²) in [6.45, 7) is 0.995. The van der Waals surface area contributed by atoms with Crippen LogP contribution in [0.3, 0.4) is 0 Å². The van der Waals surface area contributed by atoms with Crippen LogP contribution in [0.25, 0.3) is 11.1 Å². The summed E-state index contributed by atoms with van der Waals surface area (Å²) < 4.78 is 5.79. The summed E-state index contributed by atoms with van der Waals surface area (Å²) in [5, 5.41) is 9.21. The Labute approximate surface area is 167 Å². The van der Waals surface area contributed by atoms with E-state index in [1.54, 1.807) is 4.90 Å². The van der Waals surface area contributed by atoms with Crippen LogP contribution in [0.4, 0.5) is 9.93 Å². The van der Waals surface area contributed by atoms with E-state index in [4.69, 9.17) is 10.5 Å². The number of nitrogens with two attached hydrogens (primary N) is 1. The SMILES string of the molecule is Nc1nnc(C2CCCN2C(=O)OCC2c3ccccc3-c3ccccc32)s1. The maximum absolute atomic E-state index is 12.8. The standard InChI is InChI=1S/C21H20N4O2S/c22-20-24-23-19(28-20)18-10-5-11-25(18)21(26)27-12-17-15-8-3-1-6-13(15)14-7-2-4-9-16(14)17/h1-4,6-9,17-18H,5,10-12H2,(H2,22,24). The molecule has 0 saturated carbocycles. The number of fused-ring (bicyclic) bond motifs is 3. The van der Waals surface area contributed by atoms with Gasteiger partial charge in [-0.2, -0.15) is 0 Å². The molecule has 1 aliphatic carbocycles. The Bertz CT molecular complexity index is 989. The van der Waals surface area contributed by atoms with E-state index in [-0.39, 0.29) is 18.1 Å². The van der Waals surface area contributed by atoms with Gasteiger partial charge in [-0.05, 0) is 35.1 Å². The molecule has 0 spiro atoms. The highest BCUT2D eigenvalue weighted by Gasteiger charge is 2.35. The van der Waals surface area contributed by atoms with Gasteiger partial charge >= 0.3 is 6.09 Å². The minimum Gasteiger partial charge on any atom is -0.448 e. The van der Waals surface area contributed by atoms with E-state index >= 15 is 0 Å². The Morgan fingerprint density at radius 2 is 1.79 bits per heavy atom. The highest BCUT2D eigenvalue weighted by Crippen LogP contribution is 2.44. The molecule has 0 radical (unpaired) electrons. The molecule has 2 heterocycles. The van der Waals surface area contributed by atoms with Gasteiger partial charge in [0.2, 0.25) is 5.13 Å². The molecule has 1 aromatic heterocycles. The molecule has 2 aliphatic rings. The number of hydrogen-bond acceptors (Lipinski definition) is 6. The van der Waals surface area contributed by atoms with Gasteiger partial charge in [0.25, 0.3) is 0 Å². The summed E-state index contributed by atoms with van der Waals surface area (Å²) in [6, 6.07) is 16.6. The van der Waals surface area contributed by atoms with Crippen LogP contribution in [0.1, 0.15) is 40.9 Å². The molecule has 2 N–H and O–H groups in total. The molecule has 5 rings (SSSR count). The van der Waals surface area contributed by atoms with Crippen LogP contribution >= 0.6 is 11.3 Å². The number of aromatic nitrogens is 2. The van der Waals surface area contributed by atoms with E-state index in [1.165, 1.54) is 33.6 Å². The van der Waals surface area contributed by atoms with Gasteiger partial charge < -0.3 is 10.5 Å². The van der Waals surface area contributed by atoms with Gasteiger partial charge in [0.15, 0.2) is 0 Å². The van der Waals surface area contributed by atoms with Crippen molar-refractivity contribution >= 4 is 22.6 Å². The highest BCUT2D eigenvalue weighted by atomic mass is 32.1. The topological polar surface area (TPSA) is 81.3 Å². The molecule has 2 aromatic carbocycles. The lowest BCUT2D eigenvalue weighted by Gasteiger charge is -2.23. The number of nitrogens with zero attached hydrogens (tertiary/aromatic N) is 3. The third-order valence-electron chi connectivity index (χ3n) is 5.56. The van der Waals surface area contributed by atoms with Crippen LogP contribution in [-0.2, 0) is 4.74 Å². The first-order valence-electron chi connectivity index (χ1n) is 9.43. The molecule has 1 fully saturated rings. The van der Waals surface area contributed by atoms with E-state index in [0.717, 1.165) is 17.8 Å². The minimum atomic E-state index is -0.293. The molecule has 28 heavy (non-hydrogen) atoms. The molecule has 1 atom stereocenters. The Hall–Kier alpha value is -2.93. The first kappa shape index (κ1) is 17.2. The lowest BCUT2D eigenvalue weighted by atomic mass is 9.98. The quantitative estimate of drug-likeness (QED) is 0.722.